The van der Waals surface area contributed by atoms with Crippen molar-refractivity contribution in [2.75, 3.05) is 0 Å². The molecule has 0 radical (unpaired) electrons. The third-order valence-corrected chi connectivity index (χ3v) is 4.77. The first-order valence-electron chi connectivity index (χ1n) is 9.53. The van der Waals surface area contributed by atoms with Crippen LogP contribution in [0.2, 0.25) is 0 Å². The van der Waals surface area contributed by atoms with Gasteiger partial charge in [0.15, 0.2) is 34.7 Å². The minimum atomic E-state index is -0.482. The van der Waals surface area contributed by atoms with Gasteiger partial charge in [-0.25, -0.2) is 0 Å². The maximum Gasteiger partial charge on any atom is 0.186 e. The summed E-state index contributed by atoms with van der Waals surface area (Å²) < 4.78 is 0. The van der Waals surface area contributed by atoms with Crippen LogP contribution in [0.4, 0.5) is 0 Å². The van der Waals surface area contributed by atoms with Crippen LogP contribution in [0.1, 0.15) is 102 Å². The topological polar surface area (TPSA) is 102 Å². The minimum Gasteiger partial charge on any atom is -0.295 e. The van der Waals surface area contributed by atoms with Crippen LogP contribution in [0.3, 0.4) is 0 Å². The largest absolute Gasteiger partial charge is 0.295 e. The SMILES string of the molecule is CC(=O)c1ccc(C(=O)/C=C/c2cc(C(C)=O)c(C(C)=O)c(C(C)=O)c2)c(C(C)=O)c1. The molecule has 0 bridgehead atoms. The van der Waals surface area contributed by atoms with E-state index < -0.39 is 11.6 Å². The van der Waals surface area contributed by atoms with Crippen molar-refractivity contribution < 1.29 is 28.8 Å². The summed E-state index contributed by atoms with van der Waals surface area (Å²) in [6.07, 6.45) is 2.62. The number of rotatable bonds is 8. The Hall–Kier alpha value is -3.80. The molecule has 0 aliphatic rings. The molecular weight excluding hydrogens is 396 g/mol. The average molecular weight is 418 g/mol. The number of Topliss-reactive ketones (excluding diaryl/α,β-unsaturated/α-hetero) is 5. The fourth-order valence-electron chi connectivity index (χ4n) is 3.23. The summed E-state index contributed by atoms with van der Waals surface area (Å²) >= 11 is 0. The molecule has 6 nitrogen and oxygen atoms in total. The molecule has 0 unspecified atom stereocenters. The van der Waals surface area contributed by atoms with Crippen LogP contribution < -0.4 is 0 Å². The number of carbonyl (C=O) groups excluding carboxylic acids is 6. The molecule has 0 saturated heterocycles. The molecule has 0 aliphatic heterocycles. The van der Waals surface area contributed by atoms with E-state index in [-0.39, 0.29) is 51.0 Å². The first-order chi connectivity index (χ1) is 14.4. The zero-order chi connectivity index (χ0) is 23.5. The lowest BCUT2D eigenvalue weighted by atomic mass is 9.91. The Labute approximate surface area is 180 Å². The van der Waals surface area contributed by atoms with Gasteiger partial charge < -0.3 is 0 Å². The standard InChI is InChI=1S/C25H22O6/c1-13(26)19-7-8-20(21(12-19)14(2)27)24(31)9-6-18-10-22(15(3)28)25(17(5)30)23(11-18)16(4)29/h6-12H,1-5H3/b9-6+. The molecule has 0 N–H and O–H groups in total. The fourth-order valence-corrected chi connectivity index (χ4v) is 3.23. The summed E-state index contributed by atoms with van der Waals surface area (Å²) in [7, 11) is 0. The molecule has 158 valence electrons. The van der Waals surface area contributed by atoms with Crippen molar-refractivity contribution in [2.24, 2.45) is 0 Å². The molecule has 0 aromatic heterocycles. The number of benzene rings is 2. The van der Waals surface area contributed by atoms with Gasteiger partial charge in [-0.1, -0.05) is 12.1 Å². The van der Waals surface area contributed by atoms with Crippen LogP contribution in [0, 0.1) is 0 Å². The lowest BCUT2D eigenvalue weighted by Gasteiger charge is -2.11. The highest BCUT2D eigenvalue weighted by atomic mass is 16.1. The first kappa shape index (κ1) is 23.5. The van der Waals surface area contributed by atoms with Gasteiger partial charge in [-0.05, 0) is 70.5 Å². The van der Waals surface area contributed by atoms with E-state index in [4.69, 9.17) is 0 Å². The van der Waals surface area contributed by atoms with Gasteiger partial charge in [0.25, 0.3) is 0 Å². The molecule has 6 heteroatoms. The summed E-state index contributed by atoms with van der Waals surface area (Å²) in [6, 6.07) is 7.16. The lowest BCUT2D eigenvalue weighted by molar-refractivity contribution is 0.0967. The zero-order valence-corrected chi connectivity index (χ0v) is 18.0. The van der Waals surface area contributed by atoms with E-state index in [9.17, 15) is 28.8 Å². The van der Waals surface area contributed by atoms with Crippen LogP contribution in [-0.4, -0.2) is 34.7 Å². The second-order valence-electron chi connectivity index (χ2n) is 7.23. The van der Waals surface area contributed by atoms with Crippen LogP contribution in [0.5, 0.6) is 0 Å². The number of ketones is 6. The van der Waals surface area contributed by atoms with Gasteiger partial charge in [0.1, 0.15) is 0 Å². The molecule has 31 heavy (non-hydrogen) atoms. The van der Waals surface area contributed by atoms with E-state index in [0.29, 0.717) is 11.1 Å². The second-order valence-corrected chi connectivity index (χ2v) is 7.23. The Morgan fingerprint density at radius 2 is 1.10 bits per heavy atom. The van der Waals surface area contributed by atoms with Crippen LogP contribution in [0.15, 0.2) is 36.4 Å². The van der Waals surface area contributed by atoms with Gasteiger partial charge in [0.2, 0.25) is 0 Å². The highest BCUT2D eigenvalue weighted by Crippen LogP contribution is 2.22. The highest BCUT2D eigenvalue weighted by molar-refractivity contribution is 6.16. The summed E-state index contributed by atoms with van der Waals surface area (Å²) in [4.78, 5) is 72.4. The predicted molar refractivity (Wildman–Crippen MR) is 116 cm³/mol. The number of hydrogen-bond acceptors (Lipinski definition) is 6. The van der Waals surface area contributed by atoms with E-state index in [2.05, 4.69) is 0 Å². The van der Waals surface area contributed by atoms with Crippen molar-refractivity contribution in [2.45, 2.75) is 34.6 Å². The molecule has 0 spiro atoms. The number of carbonyl (C=O) groups is 6. The third kappa shape index (κ3) is 5.22. The molecule has 2 rings (SSSR count). The quantitative estimate of drug-likeness (QED) is 0.459. The molecule has 0 saturated carbocycles. The molecule has 0 aliphatic carbocycles. The Balaban J connectivity index is 2.55. The summed E-state index contributed by atoms with van der Waals surface area (Å²) in [6.45, 7) is 6.53. The summed E-state index contributed by atoms with van der Waals surface area (Å²) in [5, 5.41) is 0. The van der Waals surface area contributed by atoms with Crippen LogP contribution in [0.25, 0.3) is 6.08 Å². The van der Waals surface area contributed by atoms with Gasteiger partial charge in [-0.3, -0.25) is 28.8 Å². The normalized spacial score (nSPS) is 10.7. The Bertz CT molecular complexity index is 1150. The van der Waals surface area contributed by atoms with Crippen molar-refractivity contribution in [3.63, 3.8) is 0 Å². The molecular formula is C25H22O6. The van der Waals surface area contributed by atoms with Gasteiger partial charge >= 0.3 is 0 Å². The van der Waals surface area contributed by atoms with Gasteiger partial charge in [0, 0.05) is 33.4 Å². The predicted octanol–water partition coefficient (Wildman–Crippen LogP) is 4.60. The van der Waals surface area contributed by atoms with Gasteiger partial charge in [-0.15, -0.1) is 0 Å². The Kier molecular flexibility index (Phi) is 7.08. The molecule has 2 aromatic rings. The first-order valence-corrected chi connectivity index (χ1v) is 9.53. The van der Waals surface area contributed by atoms with E-state index in [0.717, 1.165) is 0 Å². The van der Waals surface area contributed by atoms with Crippen molar-refractivity contribution >= 4 is 40.8 Å². The molecule has 0 fully saturated rings. The average Bonchev–Trinajstić information content (AvgIpc) is 2.70. The maximum atomic E-state index is 12.7. The lowest BCUT2D eigenvalue weighted by Crippen LogP contribution is -2.12. The molecule has 0 amide bonds. The second kappa shape index (κ2) is 9.34. The number of hydrogen-bond donors (Lipinski definition) is 0. The molecule has 0 heterocycles. The van der Waals surface area contributed by atoms with E-state index in [1.165, 1.54) is 77.1 Å². The zero-order valence-electron chi connectivity index (χ0n) is 18.0. The van der Waals surface area contributed by atoms with Crippen molar-refractivity contribution in [1.82, 2.24) is 0 Å². The van der Waals surface area contributed by atoms with Crippen LogP contribution in [-0.2, 0) is 0 Å². The maximum absolute atomic E-state index is 12.7. The molecule has 2 aromatic carbocycles. The minimum absolute atomic E-state index is 0.0576. The van der Waals surface area contributed by atoms with Crippen molar-refractivity contribution in [3.8, 4) is 0 Å². The van der Waals surface area contributed by atoms with Gasteiger partial charge in [-0.2, -0.15) is 0 Å². The fraction of sp³-hybridized carbons (Fsp3) is 0.200. The van der Waals surface area contributed by atoms with Gasteiger partial charge in [0.05, 0.1) is 0 Å². The van der Waals surface area contributed by atoms with E-state index in [1.807, 2.05) is 0 Å². The van der Waals surface area contributed by atoms with E-state index in [1.54, 1.807) is 0 Å². The summed E-state index contributed by atoms with van der Waals surface area (Å²) in [5.74, 6) is -2.23. The van der Waals surface area contributed by atoms with Crippen molar-refractivity contribution in [1.29, 1.82) is 0 Å². The smallest absolute Gasteiger partial charge is 0.186 e. The highest BCUT2D eigenvalue weighted by Gasteiger charge is 2.20. The monoisotopic (exact) mass is 418 g/mol. The van der Waals surface area contributed by atoms with Crippen LogP contribution >= 0.6 is 0 Å². The number of allylic oxidation sites excluding steroid dienone is 1. The molecule has 0 atom stereocenters. The van der Waals surface area contributed by atoms with Crippen molar-refractivity contribution in [3.05, 3.63) is 75.4 Å². The van der Waals surface area contributed by atoms with E-state index >= 15 is 0 Å². The third-order valence-electron chi connectivity index (χ3n) is 4.77. The Morgan fingerprint density at radius 3 is 1.52 bits per heavy atom. The summed E-state index contributed by atoms with van der Waals surface area (Å²) in [5.41, 5.74) is 1.23. The Morgan fingerprint density at radius 1 is 0.581 bits per heavy atom.